The fourth-order valence-electron chi connectivity index (χ4n) is 0.139. The van der Waals surface area contributed by atoms with Crippen molar-refractivity contribution in [1.82, 2.24) is 5.48 Å². The van der Waals surface area contributed by atoms with Gasteiger partial charge in [0.25, 0.3) is 0 Å². The molecule has 0 aromatic carbocycles. The highest BCUT2D eigenvalue weighted by atomic mass is 17.3. The Morgan fingerprint density at radius 1 is 1.43 bits per heavy atom. The van der Waals surface area contributed by atoms with Gasteiger partial charge in [0.15, 0.2) is 0 Å². The molecule has 3 nitrogen and oxygen atoms in total. The third kappa shape index (κ3) is 2.85. The van der Waals surface area contributed by atoms with Gasteiger partial charge in [0.05, 0.1) is 6.20 Å². The normalized spacial score (nSPS) is 13.1. The van der Waals surface area contributed by atoms with Crippen LogP contribution in [0.3, 0.4) is 0 Å². The molecule has 0 aromatic rings. The molecule has 0 bridgehead atoms. The molecule has 0 aliphatic carbocycles. The summed E-state index contributed by atoms with van der Waals surface area (Å²) < 4.78 is 0. The van der Waals surface area contributed by atoms with Crippen molar-refractivity contribution >= 4 is 0 Å². The van der Waals surface area contributed by atoms with Crippen LogP contribution in [0.15, 0.2) is 25.6 Å². The SMILES string of the molecule is C1=COON1.C=C. The van der Waals surface area contributed by atoms with Gasteiger partial charge in [0.2, 0.25) is 0 Å². The van der Waals surface area contributed by atoms with Gasteiger partial charge in [0, 0.05) is 0 Å². The van der Waals surface area contributed by atoms with Crippen molar-refractivity contribution in [1.29, 1.82) is 0 Å². The first-order chi connectivity index (χ1) is 3.50. The molecule has 3 heteroatoms. The van der Waals surface area contributed by atoms with E-state index in [2.05, 4.69) is 28.5 Å². The van der Waals surface area contributed by atoms with E-state index in [0.717, 1.165) is 0 Å². The third-order valence-electron chi connectivity index (χ3n) is 0.288. The van der Waals surface area contributed by atoms with E-state index in [4.69, 9.17) is 0 Å². The molecule has 40 valence electrons. The maximum atomic E-state index is 4.15. The Balaban J connectivity index is 0.000000162. The average molecular weight is 101 g/mol. The van der Waals surface area contributed by atoms with Gasteiger partial charge in [0.1, 0.15) is 6.26 Å². The highest BCUT2D eigenvalue weighted by Crippen LogP contribution is 1.80. The molecule has 1 aliphatic rings. The summed E-state index contributed by atoms with van der Waals surface area (Å²) in [6, 6.07) is 0. The van der Waals surface area contributed by atoms with Crippen LogP contribution in [0.1, 0.15) is 0 Å². The zero-order valence-corrected chi connectivity index (χ0v) is 3.89. The molecule has 1 heterocycles. The van der Waals surface area contributed by atoms with Gasteiger partial charge in [-0.15, -0.1) is 13.2 Å². The van der Waals surface area contributed by atoms with Crippen LogP contribution < -0.4 is 5.48 Å². The number of hydroxylamine groups is 1. The second kappa shape index (κ2) is 5.04. The zero-order chi connectivity index (χ0) is 5.54. The molecular weight excluding hydrogens is 94.0 g/mol. The lowest BCUT2D eigenvalue weighted by Crippen LogP contribution is -1.94. The van der Waals surface area contributed by atoms with E-state index in [9.17, 15) is 0 Å². The largest absolute Gasteiger partial charge is 0.321 e. The second-order valence-electron chi connectivity index (χ2n) is 0.600. The molecule has 0 saturated carbocycles. The minimum Gasteiger partial charge on any atom is -0.321 e. The lowest BCUT2D eigenvalue weighted by molar-refractivity contribution is -0.264. The summed E-state index contributed by atoms with van der Waals surface area (Å²) in [5, 5.41) is 0. The summed E-state index contributed by atoms with van der Waals surface area (Å²) in [6.45, 7) is 6.00. The van der Waals surface area contributed by atoms with Crippen molar-refractivity contribution in [2.24, 2.45) is 0 Å². The van der Waals surface area contributed by atoms with E-state index in [1.54, 1.807) is 6.20 Å². The summed E-state index contributed by atoms with van der Waals surface area (Å²) in [5.74, 6) is 0. The van der Waals surface area contributed by atoms with Crippen molar-refractivity contribution in [2.45, 2.75) is 0 Å². The number of rotatable bonds is 0. The first-order valence-electron chi connectivity index (χ1n) is 1.73. The summed E-state index contributed by atoms with van der Waals surface area (Å²) in [4.78, 5) is 8.24. The molecule has 0 unspecified atom stereocenters. The van der Waals surface area contributed by atoms with E-state index in [1.165, 1.54) is 6.26 Å². The van der Waals surface area contributed by atoms with E-state index in [1.807, 2.05) is 0 Å². The lowest BCUT2D eigenvalue weighted by Gasteiger charge is -1.81. The van der Waals surface area contributed by atoms with Gasteiger partial charge in [-0.3, -0.25) is 0 Å². The Hall–Kier alpha value is -0.960. The number of hydrogen-bond acceptors (Lipinski definition) is 3. The van der Waals surface area contributed by atoms with Crippen LogP contribution in [0.25, 0.3) is 0 Å². The molecular formula is C4H7NO2. The Labute approximate surface area is 42.1 Å². The van der Waals surface area contributed by atoms with Gasteiger partial charge in [-0.1, -0.05) is 4.99 Å². The first-order valence-corrected chi connectivity index (χ1v) is 1.73. The molecule has 0 atom stereocenters. The molecule has 0 spiro atoms. The van der Waals surface area contributed by atoms with Crippen molar-refractivity contribution in [3.8, 4) is 0 Å². The number of nitrogens with one attached hydrogen (secondary N) is 1. The molecule has 0 saturated heterocycles. The van der Waals surface area contributed by atoms with Gasteiger partial charge in [-0.05, 0) is 0 Å². The molecule has 1 N–H and O–H groups in total. The minimum atomic E-state index is 1.40. The van der Waals surface area contributed by atoms with Crippen LogP contribution in [0.2, 0.25) is 0 Å². The van der Waals surface area contributed by atoms with Gasteiger partial charge >= 0.3 is 0 Å². The van der Waals surface area contributed by atoms with Gasteiger partial charge in [-0.25, -0.2) is 5.48 Å². The highest BCUT2D eigenvalue weighted by Gasteiger charge is 1.81. The fourth-order valence-corrected chi connectivity index (χ4v) is 0.139. The minimum absolute atomic E-state index is 1.40. The predicted molar refractivity (Wildman–Crippen MR) is 25.7 cm³/mol. The Kier molecular flexibility index (Phi) is 4.35. The Morgan fingerprint density at radius 3 is 2.29 bits per heavy atom. The first kappa shape index (κ1) is 6.04. The molecule has 7 heavy (non-hydrogen) atoms. The van der Waals surface area contributed by atoms with E-state index < -0.39 is 0 Å². The maximum absolute atomic E-state index is 4.15. The van der Waals surface area contributed by atoms with Crippen LogP contribution in [-0.2, 0) is 9.88 Å². The Morgan fingerprint density at radius 2 is 2.14 bits per heavy atom. The summed E-state index contributed by atoms with van der Waals surface area (Å²) in [7, 11) is 0. The smallest absolute Gasteiger partial charge is 0.150 e. The molecule has 0 aromatic heterocycles. The second-order valence-corrected chi connectivity index (χ2v) is 0.600. The Bertz CT molecular complexity index is 56.7. The number of hydrogen-bond donors (Lipinski definition) is 1. The van der Waals surface area contributed by atoms with Crippen molar-refractivity contribution in [3.05, 3.63) is 25.6 Å². The monoisotopic (exact) mass is 101 g/mol. The lowest BCUT2D eigenvalue weighted by atomic mass is 11.0. The summed E-state index contributed by atoms with van der Waals surface area (Å²) in [5.41, 5.74) is 2.32. The van der Waals surface area contributed by atoms with Gasteiger partial charge in [-0.2, -0.15) is 0 Å². The summed E-state index contributed by atoms with van der Waals surface area (Å²) >= 11 is 0. The van der Waals surface area contributed by atoms with E-state index in [0.29, 0.717) is 0 Å². The van der Waals surface area contributed by atoms with Crippen LogP contribution >= 0.6 is 0 Å². The standard InChI is InChI=1S/C2H3NO2.C2H4/c1-2-4-5-3-1;1-2/h1-3H;1-2H2. The van der Waals surface area contributed by atoms with E-state index in [-0.39, 0.29) is 0 Å². The van der Waals surface area contributed by atoms with Crippen molar-refractivity contribution in [2.75, 3.05) is 0 Å². The van der Waals surface area contributed by atoms with E-state index >= 15 is 0 Å². The van der Waals surface area contributed by atoms with Gasteiger partial charge < -0.3 is 4.89 Å². The maximum Gasteiger partial charge on any atom is 0.150 e. The quantitative estimate of drug-likeness (QED) is 0.360. The zero-order valence-electron chi connectivity index (χ0n) is 3.89. The summed E-state index contributed by atoms with van der Waals surface area (Å²) in [6.07, 6.45) is 2.94. The predicted octanol–water partition coefficient (Wildman–Crippen LogP) is 0.726. The molecule has 1 rings (SSSR count). The molecule has 0 fully saturated rings. The molecule has 0 amide bonds. The van der Waals surface area contributed by atoms with Crippen molar-refractivity contribution < 1.29 is 9.88 Å². The average Bonchev–Trinajstić information content (AvgIpc) is 2.23. The fraction of sp³-hybridized carbons (Fsp3) is 0. The highest BCUT2D eigenvalue weighted by molar-refractivity contribution is 4.65. The topological polar surface area (TPSA) is 30.5 Å². The molecule has 0 radical (unpaired) electrons. The van der Waals surface area contributed by atoms with Crippen molar-refractivity contribution in [3.63, 3.8) is 0 Å². The molecule has 1 aliphatic heterocycles. The van der Waals surface area contributed by atoms with Crippen LogP contribution in [0.5, 0.6) is 0 Å². The van der Waals surface area contributed by atoms with Crippen LogP contribution in [0, 0.1) is 0 Å². The van der Waals surface area contributed by atoms with Crippen LogP contribution in [0.4, 0.5) is 0 Å². The third-order valence-corrected chi connectivity index (χ3v) is 0.288. The van der Waals surface area contributed by atoms with Crippen LogP contribution in [-0.4, -0.2) is 0 Å².